The summed E-state index contributed by atoms with van der Waals surface area (Å²) < 4.78 is 0. The minimum Gasteiger partial charge on any atom is -0.256 e. The lowest BCUT2D eigenvalue weighted by molar-refractivity contribution is 0.197. The fourth-order valence-electron chi connectivity index (χ4n) is 4.34. The summed E-state index contributed by atoms with van der Waals surface area (Å²) in [6.45, 7) is 9.55. The number of fused-ring (bicyclic) bond motifs is 1. The molecule has 112 valence electrons. The molecule has 22 heavy (non-hydrogen) atoms. The Bertz CT molecular complexity index is 707. The number of hydrogen-bond donors (Lipinski definition) is 0. The Labute approximate surface area is 136 Å². The SMILES string of the molecule is BC1(C)c2c(ccnc2-c2ccccc2)C(B)(CC)C1(C)C. The molecular formula is C19H25B2N. The molecule has 3 rings (SSSR count). The summed E-state index contributed by atoms with van der Waals surface area (Å²) in [5.74, 6) is 0. The second kappa shape index (κ2) is 4.75. The Morgan fingerprint density at radius 2 is 1.64 bits per heavy atom. The molecule has 2 atom stereocenters. The first kappa shape index (κ1) is 15.4. The average molecular weight is 289 g/mol. The zero-order valence-corrected chi connectivity index (χ0v) is 14.7. The van der Waals surface area contributed by atoms with Crippen molar-refractivity contribution in [3.05, 3.63) is 53.7 Å². The minimum absolute atomic E-state index is 0.0898. The fourth-order valence-corrected chi connectivity index (χ4v) is 4.34. The van der Waals surface area contributed by atoms with Crippen LogP contribution in [-0.4, -0.2) is 20.7 Å². The van der Waals surface area contributed by atoms with Gasteiger partial charge in [-0.05, 0) is 33.2 Å². The third-order valence-corrected chi connectivity index (χ3v) is 6.87. The summed E-state index contributed by atoms with van der Waals surface area (Å²) in [6, 6.07) is 12.9. The van der Waals surface area contributed by atoms with E-state index in [2.05, 4.69) is 79.8 Å². The maximum atomic E-state index is 4.78. The van der Waals surface area contributed by atoms with Gasteiger partial charge in [0.05, 0.1) is 5.69 Å². The molecule has 0 radical (unpaired) electrons. The predicted octanol–water partition coefficient (Wildman–Crippen LogP) is 2.88. The molecule has 1 aliphatic rings. The van der Waals surface area contributed by atoms with Crippen molar-refractivity contribution >= 4 is 15.7 Å². The highest BCUT2D eigenvalue weighted by Gasteiger charge is 2.58. The number of pyridine rings is 1. The van der Waals surface area contributed by atoms with E-state index in [0.29, 0.717) is 0 Å². The highest BCUT2D eigenvalue weighted by atomic mass is 14.7. The molecule has 1 heterocycles. The lowest BCUT2D eigenvalue weighted by atomic mass is 9.43. The summed E-state index contributed by atoms with van der Waals surface area (Å²) in [4.78, 5) is 4.78. The second-order valence-corrected chi connectivity index (χ2v) is 7.88. The van der Waals surface area contributed by atoms with Gasteiger partial charge in [-0.25, -0.2) is 0 Å². The first-order valence-corrected chi connectivity index (χ1v) is 8.33. The zero-order valence-electron chi connectivity index (χ0n) is 14.7. The number of benzene rings is 1. The van der Waals surface area contributed by atoms with Gasteiger partial charge >= 0.3 is 0 Å². The molecule has 0 saturated heterocycles. The largest absolute Gasteiger partial charge is 0.256 e. The number of aromatic nitrogens is 1. The van der Waals surface area contributed by atoms with E-state index >= 15 is 0 Å². The van der Waals surface area contributed by atoms with Crippen molar-refractivity contribution in [1.82, 2.24) is 4.98 Å². The maximum absolute atomic E-state index is 4.78. The Kier molecular flexibility index (Phi) is 3.32. The molecule has 0 amide bonds. The van der Waals surface area contributed by atoms with Gasteiger partial charge in [0.15, 0.2) is 0 Å². The molecule has 0 bridgehead atoms. The minimum atomic E-state index is 0.0898. The smallest absolute Gasteiger partial charge is 0.115 e. The average Bonchev–Trinajstić information content (AvgIpc) is 2.64. The van der Waals surface area contributed by atoms with Gasteiger partial charge in [0.25, 0.3) is 0 Å². The van der Waals surface area contributed by atoms with Gasteiger partial charge in [-0.1, -0.05) is 64.4 Å². The van der Waals surface area contributed by atoms with E-state index < -0.39 is 0 Å². The van der Waals surface area contributed by atoms with Gasteiger partial charge in [0.2, 0.25) is 0 Å². The second-order valence-electron chi connectivity index (χ2n) is 7.88. The number of nitrogens with zero attached hydrogens (tertiary/aromatic N) is 1. The third kappa shape index (κ3) is 1.71. The quantitative estimate of drug-likeness (QED) is 0.775. The van der Waals surface area contributed by atoms with Crippen molar-refractivity contribution in [3.8, 4) is 11.3 Å². The molecule has 0 N–H and O–H groups in total. The Morgan fingerprint density at radius 1 is 1.00 bits per heavy atom. The van der Waals surface area contributed by atoms with E-state index in [1.54, 1.807) is 0 Å². The van der Waals surface area contributed by atoms with Crippen LogP contribution in [0, 0.1) is 5.41 Å². The topological polar surface area (TPSA) is 12.9 Å². The molecule has 0 aliphatic heterocycles. The summed E-state index contributed by atoms with van der Waals surface area (Å²) >= 11 is 0. The van der Waals surface area contributed by atoms with Crippen molar-refractivity contribution in [3.63, 3.8) is 0 Å². The van der Waals surface area contributed by atoms with Gasteiger partial charge in [0.1, 0.15) is 15.7 Å². The Morgan fingerprint density at radius 3 is 2.23 bits per heavy atom. The van der Waals surface area contributed by atoms with Crippen LogP contribution in [0.15, 0.2) is 42.6 Å². The number of rotatable bonds is 2. The monoisotopic (exact) mass is 289 g/mol. The van der Waals surface area contributed by atoms with Crippen molar-refractivity contribution in [2.75, 3.05) is 0 Å². The van der Waals surface area contributed by atoms with Gasteiger partial charge in [-0.2, -0.15) is 0 Å². The number of hydrogen-bond acceptors (Lipinski definition) is 1. The van der Waals surface area contributed by atoms with Crippen LogP contribution in [0.1, 0.15) is 45.2 Å². The van der Waals surface area contributed by atoms with E-state index in [4.69, 9.17) is 4.98 Å². The van der Waals surface area contributed by atoms with Crippen LogP contribution in [0.3, 0.4) is 0 Å². The summed E-state index contributed by atoms with van der Waals surface area (Å²) in [5.41, 5.74) is 5.50. The van der Waals surface area contributed by atoms with Gasteiger partial charge < -0.3 is 0 Å². The molecule has 1 aromatic heterocycles. The van der Waals surface area contributed by atoms with E-state index in [-0.39, 0.29) is 16.0 Å². The maximum Gasteiger partial charge on any atom is 0.115 e. The van der Waals surface area contributed by atoms with Gasteiger partial charge in [-0.3, -0.25) is 4.98 Å². The molecule has 2 unspecified atom stereocenters. The van der Waals surface area contributed by atoms with Crippen LogP contribution < -0.4 is 0 Å². The normalized spacial score (nSPS) is 29.3. The molecule has 0 saturated carbocycles. The van der Waals surface area contributed by atoms with Crippen molar-refractivity contribution in [2.45, 2.75) is 44.7 Å². The van der Waals surface area contributed by atoms with Crippen LogP contribution in [0.2, 0.25) is 0 Å². The van der Waals surface area contributed by atoms with Crippen LogP contribution in [0.5, 0.6) is 0 Å². The first-order valence-electron chi connectivity index (χ1n) is 8.33. The van der Waals surface area contributed by atoms with Crippen LogP contribution in [-0.2, 0) is 10.6 Å². The van der Waals surface area contributed by atoms with E-state index in [0.717, 1.165) is 12.1 Å². The predicted molar refractivity (Wildman–Crippen MR) is 99.9 cm³/mol. The van der Waals surface area contributed by atoms with Crippen LogP contribution >= 0.6 is 0 Å². The van der Waals surface area contributed by atoms with Gasteiger partial charge in [0, 0.05) is 11.8 Å². The van der Waals surface area contributed by atoms with E-state index in [1.807, 2.05) is 6.20 Å². The lowest BCUT2D eigenvalue weighted by Crippen LogP contribution is -2.47. The molecular weight excluding hydrogens is 264 g/mol. The summed E-state index contributed by atoms with van der Waals surface area (Å²) in [5, 5.41) is 0.269. The summed E-state index contributed by atoms with van der Waals surface area (Å²) in [7, 11) is 4.82. The fraction of sp³-hybridized carbons (Fsp3) is 0.421. The van der Waals surface area contributed by atoms with Crippen molar-refractivity contribution < 1.29 is 0 Å². The molecule has 2 aromatic rings. The molecule has 0 spiro atoms. The molecule has 1 aliphatic carbocycles. The first-order chi connectivity index (χ1) is 10.3. The summed E-state index contributed by atoms with van der Waals surface area (Å²) in [6.07, 6.45) is 3.14. The van der Waals surface area contributed by atoms with Gasteiger partial charge in [-0.15, -0.1) is 0 Å². The highest BCUT2D eigenvalue weighted by Crippen LogP contribution is 2.61. The molecule has 0 fully saturated rings. The Hall–Kier alpha value is -1.50. The van der Waals surface area contributed by atoms with Crippen molar-refractivity contribution in [2.24, 2.45) is 5.41 Å². The van der Waals surface area contributed by atoms with E-state index in [1.165, 1.54) is 16.7 Å². The van der Waals surface area contributed by atoms with E-state index in [9.17, 15) is 0 Å². The lowest BCUT2D eigenvalue weighted by Gasteiger charge is -2.46. The zero-order chi connectivity index (χ0) is 16.2. The highest BCUT2D eigenvalue weighted by molar-refractivity contribution is 6.23. The molecule has 3 heteroatoms. The van der Waals surface area contributed by atoms with Crippen molar-refractivity contribution in [1.29, 1.82) is 0 Å². The van der Waals surface area contributed by atoms with Crippen LogP contribution in [0.25, 0.3) is 11.3 Å². The molecule has 1 aromatic carbocycles. The Balaban J connectivity index is 2.36. The van der Waals surface area contributed by atoms with Crippen LogP contribution in [0.4, 0.5) is 0 Å². The molecule has 1 nitrogen and oxygen atoms in total. The standard InChI is InChI=1S/C19H25B2N/c1-5-19(21)14-11-12-22-16(13-9-7-6-8-10-13)15(14)18(4,20)17(19,2)3/h6-12H,5,20-21H2,1-4H3. The third-order valence-electron chi connectivity index (χ3n) is 6.87.